The first kappa shape index (κ1) is 19.0. The van der Waals surface area contributed by atoms with Gasteiger partial charge in [-0.3, -0.25) is 9.69 Å². The summed E-state index contributed by atoms with van der Waals surface area (Å²) in [4.78, 5) is 16.6. The lowest BCUT2D eigenvalue weighted by molar-refractivity contribution is -0.124. The molecule has 3 heterocycles. The Labute approximate surface area is 183 Å². The molecule has 5 rings (SSSR count). The molecule has 3 aliphatic heterocycles. The maximum Gasteiger partial charge on any atom is 0.239 e. The summed E-state index contributed by atoms with van der Waals surface area (Å²) in [5, 5.41) is 11.0. The van der Waals surface area contributed by atoms with Crippen LogP contribution in [0.15, 0.2) is 70.1 Å². The van der Waals surface area contributed by atoms with E-state index in [1.807, 2.05) is 42.2 Å². The Balaban J connectivity index is 1.41. The summed E-state index contributed by atoms with van der Waals surface area (Å²) in [6.07, 6.45) is 0. The van der Waals surface area contributed by atoms with Crippen molar-refractivity contribution in [3.8, 4) is 0 Å². The largest absolute Gasteiger partial charge is 0.378 e. The van der Waals surface area contributed by atoms with Crippen molar-refractivity contribution in [3.63, 3.8) is 0 Å². The molecule has 0 radical (unpaired) electrons. The van der Waals surface area contributed by atoms with E-state index in [0.717, 1.165) is 15.8 Å². The lowest BCUT2D eigenvalue weighted by Crippen LogP contribution is -2.32. The van der Waals surface area contributed by atoms with Gasteiger partial charge in [-0.1, -0.05) is 54.2 Å². The molecule has 1 saturated heterocycles. The van der Waals surface area contributed by atoms with Crippen LogP contribution in [0.25, 0.3) is 0 Å². The van der Waals surface area contributed by atoms with Gasteiger partial charge in [-0.15, -0.1) is 16.9 Å². The van der Waals surface area contributed by atoms with Crippen LogP contribution in [-0.4, -0.2) is 40.8 Å². The Bertz CT molecular complexity index is 991. The summed E-state index contributed by atoms with van der Waals surface area (Å²) < 4.78 is 0. The number of amidine groups is 1. The molecule has 1 amide bonds. The van der Waals surface area contributed by atoms with Gasteiger partial charge in [0.2, 0.25) is 5.91 Å². The van der Waals surface area contributed by atoms with E-state index < -0.39 is 0 Å². The molecule has 1 fully saturated rings. The third-order valence-electron chi connectivity index (χ3n) is 4.99. The molecule has 0 spiro atoms. The minimum atomic E-state index is -0.0129. The van der Waals surface area contributed by atoms with Crippen LogP contribution in [0.2, 0.25) is 0 Å². The summed E-state index contributed by atoms with van der Waals surface area (Å²) >= 11 is 5.01. The first-order chi connectivity index (χ1) is 14.1. The number of benzene rings is 2. The van der Waals surface area contributed by atoms with E-state index in [4.69, 9.17) is 5.10 Å². The number of carbonyl (C=O) groups is 1. The number of fused-ring (bicyclic) bond motifs is 1. The normalized spacial score (nSPS) is 23.3. The van der Waals surface area contributed by atoms with Crippen LogP contribution in [0.4, 0.5) is 5.69 Å². The molecule has 148 valence electrons. The van der Waals surface area contributed by atoms with Gasteiger partial charge in [0.25, 0.3) is 0 Å². The Morgan fingerprint density at radius 2 is 1.72 bits per heavy atom. The van der Waals surface area contributed by atoms with E-state index >= 15 is 0 Å². The maximum absolute atomic E-state index is 12.7. The predicted octanol–water partition coefficient (Wildman–Crippen LogP) is 4.89. The second-order valence-electron chi connectivity index (χ2n) is 7.10. The van der Waals surface area contributed by atoms with E-state index in [1.54, 1.807) is 35.3 Å². The number of hydrazone groups is 1. The van der Waals surface area contributed by atoms with E-state index in [-0.39, 0.29) is 16.7 Å². The minimum Gasteiger partial charge on any atom is -0.378 e. The fourth-order valence-corrected chi connectivity index (χ4v) is 6.93. The first-order valence-corrected chi connectivity index (χ1v) is 12.1. The fraction of sp³-hybridized carbons (Fsp3) is 0.238. The van der Waals surface area contributed by atoms with Crippen molar-refractivity contribution in [1.29, 1.82) is 0 Å². The smallest absolute Gasteiger partial charge is 0.239 e. The molecule has 2 unspecified atom stereocenters. The highest BCUT2D eigenvalue weighted by Gasteiger charge is 2.42. The van der Waals surface area contributed by atoms with Gasteiger partial charge in [-0.25, -0.2) is 5.01 Å². The second kappa shape index (κ2) is 7.66. The highest BCUT2D eigenvalue weighted by molar-refractivity contribution is 8.18. The van der Waals surface area contributed by atoms with E-state index in [1.165, 1.54) is 11.3 Å². The number of nitrogens with zero attached hydrogens (tertiary/aromatic N) is 4. The van der Waals surface area contributed by atoms with Gasteiger partial charge in [0, 0.05) is 25.2 Å². The molecule has 0 aromatic heterocycles. The second-order valence-corrected chi connectivity index (χ2v) is 10.1. The monoisotopic (exact) mass is 440 g/mol. The van der Waals surface area contributed by atoms with Crippen molar-refractivity contribution in [2.75, 3.05) is 24.7 Å². The van der Waals surface area contributed by atoms with Crippen LogP contribution in [0, 0.1) is 0 Å². The summed E-state index contributed by atoms with van der Waals surface area (Å²) in [5.41, 5.74) is 3.52. The Morgan fingerprint density at radius 1 is 1.00 bits per heavy atom. The zero-order valence-electron chi connectivity index (χ0n) is 16.1. The van der Waals surface area contributed by atoms with Crippen LogP contribution >= 0.6 is 35.3 Å². The summed E-state index contributed by atoms with van der Waals surface area (Å²) in [6.45, 7) is 0. The van der Waals surface area contributed by atoms with Crippen molar-refractivity contribution in [3.05, 3.63) is 76.2 Å². The summed E-state index contributed by atoms with van der Waals surface area (Å²) in [6, 6.07) is 18.8. The average Bonchev–Trinajstić information content (AvgIpc) is 3.42. The molecule has 3 aliphatic rings. The SMILES string of the molecule is CN(C)c1ccc(C2SC=C3SC(N4C(=O)CSC4c4ccccc4)=NN32)cc1. The van der Waals surface area contributed by atoms with Crippen molar-refractivity contribution >= 4 is 52.0 Å². The maximum atomic E-state index is 12.7. The number of carbonyl (C=O) groups excluding carboxylic acids is 1. The summed E-state index contributed by atoms with van der Waals surface area (Å²) in [5.74, 6) is 0.610. The van der Waals surface area contributed by atoms with Crippen LogP contribution in [0.5, 0.6) is 0 Å². The zero-order chi connectivity index (χ0) is 20.0. The Morgan fingerprint density at radius 3 is 2.45 bits per heavy atom. The van der Waals surface area contributed by atoms with Gasteiger partial charge in [-0.2, -0.15) is 0 Å². The molecule has 8 heteroatoms. The van der Waals surface area contributed by atoms with E-state index in [9.17, 15) is 4.79 Å². The molecular weight excluding hydrogens is 420 g/mol. The van der Waals surface area contributed by atoms with Gasteiger partial charge in [0.1, 0.15) is 15.8 Å². The predicted molar refractivity (Wildman–Crippen MR) is 125 cm³/mol. The lowest BCUT2D eigenvalue weighted by atomic mass is 10.2. The lowest BCUT2D eigenvalue weighted by Gasteiger charge is -2.23. The van der Waals surface area contributed by atoms with Gasteiger partial charge in [0.15, 0.2) is 5.17 Å². The van der Waals surface area contributed by atoms with Crippen molar-refractivity contribution < 1.29 is 4.79 Å². The van der Waals surface area contributed by atoms with Gasteiger partial charge >= 0.3 is 0 Å². The number of amides is 1. The van der Waals surface area contributed by atoms with Crippen molar-refractivity contribution in [1.82, 2.24) is 9.91 Å². The molecule has 2 aromatic carbocycles. The molecular formula is C21H20N4OS3. The molecule has 2 atom stereocenters. The molecule has 0 saturated carbocycles. The number of thioether (sulfide) groups is 3. The molecule has 2 aromatic rings. The third kappa shape index (κ3) is 3.43. The number of anilines is 1. The van der Waals surface area contributed by atoms with E-state index in [0.29, 0.717) is 5.75 Å². The Kier molecular flexibility index (Phi) is 5.01. The molecule has 0 aliphatic carbocycles. The number of rotatable bonds is 3. The van der Waals surface area contributed by atoms with Gasteiger partial charge in [0.05, 0.1) is 5.75 Å². The standard InChI is InChI=1S/C21H20N4OS3/c1-23(2)16-10-8-15(9-11-16)20-25-18(13-28-20)29-21(22-25)24-17(26)12-27-19(24)14-6-4-3-5-7-14/h3-11,13,19-20H,12H2,1-2H3. The summed E-state index contributed by atoms with van der Waals surface area (Å²) in [7, 11) is 4.09. The molecule has 29 heavy (non-hydrogen) atoms. The average molecular weight is 441 g/mol. The van der Waals surface area contributed by atoms with Crippen LogP contribution in [0.1, 0.15) is 21.9 Å². The number of hydrogen-bond acceptors (Lipinski definition) is 7. The molecule has 0 bridgehead atoms. The number of hydrogen-bond donors (Lipinski definition) is 0. The highest BCUT2D eigenvalue weighted by atomic mass is 32.2. The minimum absolute atomic E-state index is 0.0129. The van der Waals surface area contributed by atoms with Crippen LogP contribution in [-0.2, 0) is 4.79 Å². The van der Waals surface area contributed by atoms with E-state index in [2.05, 4.69) is 46.7 Å². The quantitative estimate of drug-likeness (QED) is 0.677. The highest BCUT2D eigenvalue weighted by Crippen LogP contribution is 2.52. The Hall–Kier alpha value is -2.03. The van der Waals surface area contributed by atoms with Gasteiger partial charge in [-0.05, 0) is 35.0 Å². The van der Waals surface area contributed by atoms with Crippen LogP contribution in [0.3, 0.4) is 0 Å². The van der Waals surface area contributed by atoms with Crippen LogP contribution < -0.4 is 4.90 Å². The fourth-order valence-electron chi connectivity index (χ4n) is 3.48. The zero-order valence-corrected chi connectivity index (χ0v) is 18.5. The van der Waals surface area contributed by atoms with Crippen molar-refractivity contribution in [2.24, 2.45) is 5.10 Å². The van der Waals surface area contributed by atoms with Crippen molar-refractivity contribution in [2.45, 2.75) is 10.7 Å². The first-order valence-electron chi connectivity index (χ1n) is 9.29. The molecule has 5 nitrogen and oxygen atoms in total. The molecule has 0 N–H and O–H groups in total. The third-order valence-corrected chi connectivity index (χ3v) is 8.41. The topological polar surface area (TPSA) is 39.1 Å². The van der Waals surface area contributed by atoms with Gasteiger partial charge < -0.3 is 4.90 Å².